The van der Waals surface area contributed by atoms with Crippen LogP contribution in [0.5, 0.6) is 0 Å². The molecule has 0 aromatic heterocycles. The van der Waals surface area contributed by atoms with Gasteiger partial charge >= 0.3 is 5.97 Å². The number of carbonyl (C=O) groups is 1. The Morgan fingerprint density at radius 2 is 1.84 bits per heavy atom. The third kappa shape index (κ3) is 1.58. The monoisotopic (exact) mass is 262 g/mol. The van der Waals surface area contributed by atoms with Crippen LogP contribution in [0.15, 0.2) is 12.2 Å². The summed E-state index contributed by atoms with van der Waals surface area (Å²) in [6.07, 6.45) is 5.94. The van der Waals surface area contributed by atoms with E-state index in [1.165, 1.54) is 25.7 Å². The van der Waals surface area contributed by atoms with Gasteiger partial charge in [-0.1, -0.05) is 33.8 Å². The van der Waals surface area contributed by atoms with Crippen LogP contribution in [-0.2, 0) is 9.53 Å². The van der Waals surface area contributed by atoms with Gasteiger partial charge < -0.3 is 4.74 Å². The van der Waals surface area contributed by atoms with Crippen LogP contribution in [0.25, 0.3) is 0 Å². The van der Waals surface area contributed by atoms with E-state index in [2.05, 4.69) is 34.3 Å². The van der Waals surface area contributed by atoms with Crippen LogP contribution >= 0.6 is 0 Å². The van der Waals surface area contributed by atoms with Crippen LogP contribution in [0.2, 0.25) is 0 Å². The van der Waals surface area contributed by atoms with Gasteiger partial charge in [0.1, 0.15) is 5.60 Å². The number of ether oxygens (including phenoxy) is 1. The lowest BCUT2D eigenvalue weighted by Crippen LogP contribution is -2.56. The summed E-state index contributed by atoms with van der Waals surface area (Å²) in [4.78, 5) is 12.0. The molecule has 0 bridgehead atoms. The van der Waals surface area contributed by atoms with Gasteiger partial charge in [0.2, 0.25) is 0 Å². The summed E-state index contributed by atoms with van der Waals surface area (Å²) in [6.45, 7) is 13.4. The van der Waals surface area contributed by atoms with E-state index in [0.717, 1.165) is 12.0 Å². The third-order valence-electron chi connectivity index (χ3n) is 6.41. The Kier molecular flexibility index (Phi) is 2.54. The molecule has 3 aliphatic rings. The lowest BCUT2D eigenvalue weighted by atomic mass is 9.45. The molecule has 2 heteroatoms. The molecule has 3 fully saturated rings. The molecule has 0 spiro atoms. The fourth-order valence-electron chi connectivity index (χ4n) is 5.78. The molecule has 4 unspecified atom stereocenters. The molecule has 1 aliphatic heterocycles. The van der Waals surface area contributed by atoms with E-state index >= 15 is 0 Å². The Labute approximate surface area is 116 Å². The maximum atomic E-state index is 12.0. The Hall–Kier alpha value is -0.790. The van der Waals surface area contributed by atoms with Gasteiger partial charge in [0.25, 0.3) is 0 Å². The minimum Gasteiger partial charge on any atom is -0.455 e. The Morgan fingerprint density at radius 1 is 1.16 bits per heavy atom. The van der Waals surface area contributed by atoms with Crippen molar-refractivity contribution in [2.45, 2.75) is 65.4 Å². The number of carbonyl (C=O) groups excluding carboxylic acids is 1. The Bertz CT molecular complexity index is 450. The summed E-state index contributed by atoms with van der Waals surface area (Å²) in [5.74, 6) is 0.738. The van der Waals surface area contributed by atoms with Crippen molar-refractivity contribution in [3.63, 3.8) is 0 Å². The van der Waals surface area contributed by atoms with Gasteiger partial charge in [-0.25, -0.2) is 4.79 Å². The lowest BCUT2D eigenvalue weighted by Gasteiger charge is -2.59. The number of esters is 1. The van der Waals surface area contributed by atoms with E-state index in [1.54, 1.807) is 0 Å². The smallest absolute Gasteiger partial charge is 0.334 e. The highest BCUT2D eigenvalue weighted by Crippen LogP contribution is 2.65. The first-order chi connectivity index (χ1) is 8.71. The first kappa shape index (κ1) is 13.2. The topological polar surface area (TPSA) is 26.3 Å². The van der Waals surface area contributed by atoms with Crippen LogP contribution in [-0.4, -0.2) is 11.6 Å². The minimum atomic E-state index is -0.299. The molecule has 3 rings (SSSR count). The maximum Gasteiger partial charge on any atom is 0.334 e. The van der Waals surface area contributed by atoms with E-state index in [9.17, 15) is 4.79 Å². The summed E-state index contributed by atoms with van der Waals surface area (Å²) in [7, 11) is 0. The van der Waals surface area contributed by atoms with Crippen LogP contribution in [0.3, 0.4) is 0 Å². The lowest BCUT2D eigenvalue weighted by molar-refractivity contribution is -0.164. The second-order valence-corrected chi connectivity index (χ2v) is 8.10. The van der Waals surface area contributed by atoms with Crippen molar-refractivity contribution in [1.82, 2.24) is 0 Å². The van der Waals surface area contributed by atoms with Crippen molar-refractivity contribution in [2.24, 2.45) is 22.7 Å². The molecule has 2 nitrogen and oxygen atoms in total. The van der Waals surface area contributed by atoms with Gasteiger partial charge in [-0.15, -0.1) is 0 Å². The largest absolute Gasteiger partial charge is 0.455 e. The molecule has 1 heterocycles. The molecule has 1 saturated heterocycles. The van der Waals surface area contributed by atoms with Crippen molar-refractivity contribution in [1.29, 1.82) is 0 Å². The molecule has 2 aliphatic carbocycles. The molecule has 2 saturated carbocycles. The summed E-state index contributed by atoms with van der Waals surface area (Å²) in [6, 6.07) is 0. The summed E-state index contributed by atoms with van der Waals surface area (Å²) in [5, 5.41) is 0. The Balaban J connectivity index is 2.07. The van der Waals surface area contributed by atoms with Crippen molar-refractivity contribution in [3.05, 3.63) is 12.2 Å². The predicted molar refractivity (Wildman–Crippen MR) is 75.6 cm³/mol. The molecule has 0 radical (unpaired) electrons. The van der Waals surface area contributed by atoms with E-state index in [4.69, 9.17) is 4.74 Å². The highest BCUT2D eigenvalue weighted by molar-refractivity contribution is 5.91. The van der Waals surface area contributed by atoms with E-state index < -0.39 is 0 Å². The fraction of sp³-hybridized carbons (Fsp3) is 0.824. The molecule has 0 aromatic rings. The number of fused-ring (bicyclic) bond motifs is 3. The van der Waals surface area contributed by atoms with Crippen LogP contribution in [0, 0.1) is 22.7 Å². The summed E-state index contributed by atoms with van der Waals surface area (Å²) < 4.78 is 5.71. The van der Waals surface area contributed by atoms with Gasteiger partial charge in [0, 0.05) is 11.5 Å². The van der Waals surface area contributed by atoms with E-state index in [-0.39, 0.29) is 22.9 Å². The molecule has 4 atom stereocenters. The highest BCUT2D eigenvalue weighted by Gasteiger charge is 2.64. The molecule has 106 valence electrons. The average Bonchev–Trinajstić information content (AvgIpc) is 2.49. The van der Waals surface area contributed by atoms with Crippen LogP contribution < -0.4 is 0 Å². The fourth-order valence-corrected chi connectivity index (χ4v) is 5.78. The number of hydrogen-bond donors (Lipinski definition) is 0. The van der Waals surface area contributed by atoms with Crippen molar-refractivity contribution >= 4 is 5.97 Å². The van der Waals surface area contributed by atoms with Gasteiger partial charge in [0.05, 0.1) is 0 Å². The second kappa shape index (κ2) is 3.65. The van der Waals surface area contributed by atoms with E-state index in [1.807, 2.05) is 0 Å². The zero-order chi connectivity index (χ0) is 14.1. The normalized spacial score (nSPS) is 48.4. The van der Waals surface area contributed by atoms with Crippen LogP contribution in [0.4, 0.5) is 0 Å². The van der Waals surface area contributed by atoms with Crippen LogP contribution in [0.1, 0.15) is 59.8 Å². The molecular formula is C17H26O2. The van der Waals surface area contributed by atoms with Gasteiger partial charge in [0.15, 0.2) is 0 Å². The van der Waals surface area contributed by atoms with Crippen molar-refractivity contribution in [2.75, 3.05) is 0 Å². The molecule has 0 N–H and O–H groups in total. The zero-order valence-corrected chi connectivity index (χ0v) is 12.7. The number of rotatable bonds is 0. The standard InChI is InChI=1S/C17H26O2/c1-11-13-16(4)9-6-8-15(2,3)12(16)7-10-17(13,5)19-14(11)18/h12-13H,1,6-10H2,2-5H3. The number of hydrogen-bond acceptors (Lipinski definition) is 2. The SMILES string of the molecule is C=C1C(=O)OC2(C)CCC3C(C)(C)CCCC3(C)C12. The van der Waals surface area contributed by atoms with Crippen molar-refractivity contribution < 1.29 is 9.53 Å². The molecular weight excluding hydrogens is 236 g/mol. The first-order valence-electron chi connectivity index (χ1n) is 7.63. The van der Waals surface area contributed by atoms with E-state index in [0.29, 0.717) is 11.3 Å². The van der Waals surface area contributed by atoms with Gasteiger partial charge in [-0.2, -0.15) is 0 Å². The molecule has 19 heavy (non-hydrogen) atoms. The summed E-state index contributed by atoms with van der Waals surface area (Å²) in [5.41, 5.74) is 0.984. The molecule has 0 amide bonds. The Morgan fingerprint density at radius 3 is 2.53 bits per heavy atom. The second-order valence-electron chi connectivity index (χ2n) is 8.10. The van der Waals surface area contributed by atoms with Gasteiger partial charge in [-0.05, 0) is 49.4 Å². The average molecular weight is 262 g/mol. The highest BCUT2D eigenvalue weighted by atomic mass is 16.6. The van der Waals surface area contributed by atoms with Gasteiger partial charge in [-0.3, -0.25) is 0 Å². The first-order valence-corrected chi connectivity index (χ1v) is 7.63. The maximum absolute atomic E-state index is 12.0. The molecule has 0 aromatic carbocycles. The third-order valence-corrected chi connectivity index (χ3v) is 6.41. The predicted octanol–water partition coefficient (Wildman–Crippen LogP) is 4.10. The zero-order valence-electron chi connectivity index (χ0n) is 12.7. The quantitative estimate of drug-likeness (QED) is 0.485. The summed E-state index contributed by atoms with van der Waals surface area (Å²) >= 11 is 0. The van der Waals surface area contributed by atoms with Crippen molar-refractivity contribution in [3.8, 4) is 0 Å². The minimum absolute atomic E-state index is 0.155.